The van der Waals surface area contributed by atoms with Crippen molar-refractivity contribution in [1.29, 1.82) is 0 Å². The Labute approximate surface area is 142 Å². The molecule has 2 nitrogen and oxygen atoms in total. The third-order valence-corrected chi connectivity index (χ3v) is 5.21. The third-order valence-electron chi connectivity index (χ3n) is 3.84. The molecule has 4 aromatic heterocycles. The van der Waals surface area contributed by atoms with E-state index in [0.717, 1.165) is 22.1 Å². The van der Waals surface area contributed by atoms with Gasteiger partial charge < -0.3 is 9.97 Å². The van der Waals surface area contributed by atoms with Crippen LogP contribution in [-0.4, -0.2) is 9.97 Å². The molecule has 0 amide bonds. The number of hydrogen-bond donors (Lipinski definition) is 2. The molecule has 4 heteroatoms. The highest BCUT2D eigenvalue weighted by molar-refractivity contribution is 7.08. The van der Waals surface area contributed by atoms with Gasteiger partial charge >= 0.3 is 0 Å². The van der Waals surface area contributed by atoms with E-state index >= 15 is 0 Å². The number of thiophene rings is 2. The molecule has 0 fully saturated rings. The quantitative estimate of drug-likeness (QED) is 0.557. The number of aromatic nitrogens is 2. The van der Waals surface area contributed by atoms with Crippen LogP contribution in [0.1, 0.15) is 11.4 Å². The van der Waals surface area contributed by atoms with Gasteiger partial charge in [-0.1, -0.05) is 6.58 Å². The Hall–Kier alpha value is -2.30. The summed E-state index contributed by atoms with van der Waals surface area (Å²) in [6.45, 7) is 6.14. The lowest BCUT2D eigenvalue weighted by Crippen LogP contribution is -2.09. The highest BCUT2D eigenvalue weighted by Crippen LogP contribution is 2.27. The fourth-order valence-electron chi connectivity index (χ4n) is 2.82. The highest BCUT2D eigenvalue weighted by Gasteiger charge is 2.09. The predicted octanol–water partition coefficient (Wildman–Crippen LogP) is 4.35. The summed E-state index contributed by atoms with van der Waals surface area (Å²) < 4.78 is 0. The van der Waals surface area contributed by atoms with Gasteiger partial charge in [0.1, 0.15) is 0 Å². The lowest BCUT2D eigenvalue weighted by Gasteiger charge is -1.97. The van der Waals surface area contributed by atoms with E-state index in [-0.39, 0.29) is 0 Å². The van der Waals surface area contributed by atoms with Gasteiger partial charge in [0.05, 0.1) is 0 Å². The van der Waals surface area contributed by atoms with Gasteiger partial charge in [0.15, 0.2) is 0 Å². The van der Waals surface area contributed by atoms with Crippen molar-refractivity contribution in [2.24, 2.45) is 0 Å². The van der Waals surface area contributed by atoms with Crippen molar-refractivity contribution in [2.45, 2.75) is 6.92 Å². The standard InChI is InChI=1S/C19H16N2S2/c1-12-7-16(14-3-5-22-10-14)18(20-12)9-19-17(8-13(2)21-19)15-4-6-23-11-15/h3-11,20-21H,1H2,2H3. The zero-order valence-corrected chi connectivity index (χ0v) is 14.4. The summed E-state index contributed by atoms with van der Waals surface area (Å²) in [6.07, 6.45) is 2.18. The predicted molar refractivity (Wildman–Crippen MR) is 101 cm³/mol. The molecule has 114 valence electrons. The summed E-state index contributed by atoms with van der Waals surface area (Å²) in [5.74, 6) is 0. The van der Waals surface area contributed by atoms with Crippen molar-refractivity contribution in [1.82, 2.24) is 9.97 Å². The molecule has 0 aliphatic carbocycles. The molecule has 4 heterocycles. The molecule has 0 saturated carbocycles. The molecule has 0 unspecified atom stereocenters. The minimum atomic E-state index is 0.929. The van der Waals surface area contributed by atoms with Crippen LogP contribution in [0.15, 0.2) is 45.8 Å². The SMILES string of the molecule is C=c1cc(-c2ccsc2)c(=Cc2[nH]c(C)cc2-c2ccsc2)[nH]1. The first-order valence-electron chi connectivity index (χ1n) is 7.35. The average molecular weight is 336 g/mol. The molecule has 23 heavy (non-hydrogen) atoms. The number of aromatic amines is 2. The zero-order chi connectivity index (χ0) is 15.8. The topological polar surface area (TPSA) is 31.6 Å². The minimum Gasteiger partial charge on any atom is -0.359 e. The number of rotatable bonds is 3. The first-order valence-corrected chi connectivity index (χ1v) is 9.24. The van der Waals surface area contributed by atoms with Gasteiger partial charge in [-0.3, -0.25) is 0 Å². The Morgan fingerprint density at radius 3 is 2.30 bits per heavy atom. The molecule has 2 N–H and O–H groups in total. The van der Waals surface area contributed by atoms with E-state index in [9.17, 15) is 0 Å². The fraction of sp³-hybridized carbons (Fsp3) is 0.0526. The molecular weight excluding hydrogens is 320 g/mol. The van der Waals surface area contributed by atoms with E-state index in [2.05, 4.69) is 75.3 Å². The van der Waals surface area contributed by atoms with E-state index < -0.39 is 0 Å². The Morgan fingerprint density at radius 2 is 1.65 bits per heavy atom. The van der Waals surface area contributed by atoms with Crippen LogP contribution >= 0.6 is 22.7 Å². The van der Waals surface area contributed by atoms with Crippen LogP contribution in [0, 0.1) is 6.92 Å². The van der Waals surface area contributed by atoms with Crippen molar-refractivity contribution in [2.75, 3.05) is 0 Å². The maximum absolute atomic E-state index is 4.05. The van der Waals surface area contributed by atoms with Crippen molar-refractivity contribution < 1.29 is 0 Å². The summed E-state index contributed by atoms with van der Waals surface area (Å²) in [5.41, 5.74) is 7.20. The maximum Gasteiger partial charge on any atom is 0.0485 e. The summed E-state index contributed by atoms with van der Waals surface area (Å²) in [4.78, 5) is 6.86. The van der Waals surface area contributed by atoms with Crippen LogP contribution in [0.2, 0.25) is 0 Å². The number of hydrogen-bond acceptors (Lipinski definition) is 2. The van der Waals surface area contributed by atoms with E-state index in [0.29, 0.717) is 0 Å². The van der Waals surface area contributed by atoms with Crippen LogP contribution in [0.3, 0.4) is 0 Å². The Balaban J connectivity index is 1.92. The maximum atomic E-state index is 4.05. The number of H-pyrrole nitrogens is 2. The van der Waals surface area contributed by atoms with E-state index in [1.54, 1.807) is 22.7 Å². The summed E-state index contributed by atoms with van der Waals surface area (Å²) in [5, 5.41) is 10.6. The minimum absolute atomic E-state index is 0.929. The molecule has 4 aromatic rings. The van der Waals surface area contributed by atoms with Crippen LogP contribution in [0.5, 0.6) is 0 Å². The smallest absolute Gasteiger partial charge is 0.0485 e. The summed E-state index contributed by atoms with van der Waals surface area (Å²) in [6, 6.07) is 8.61. The van der Waals surface area contributed by atoms with E-state index in [1.165, 1.54) is 22.3 Å². The van der Waals surface area contributed by atoms with Crippen molar-refractivity contribution in [3.05, 3.63) is 67.9 Å². The summed E-state index contributed by atoms with van der Waals surface area (Å²) in [7, 11) is 0. The zero-order valence-electron chi connectivity index (χ0n) is 12.7. The first kappa shape index (κ1) is 14.3. The van der Waals surface area contributed by atoms with Gasteiger partial charge in [0.2, 0.25) is 0 Å². The Bertz CT molecular complexity index is 1030. The molecule has 4 rings (SSSR count). The normalized spacial score (nSPS) is 12.1. The van der Waals surface area contributed by atoms with Crippen molar-refractivity contribution >= 4 is 35.3 Å². The molecule has 0 saturated heterocycles. The van der Waals surface area contributed by atoms with Gasteiger partial charge in [0.25, 0.3) is 0 Å². The van der Waals surface area contributed by atoms with Gasteiger partial charge in [-0.25, -0.2) is 0 Å². The van der Waals surface area contributed by atoms with Crippen molar-refractivity contribution in [3.63, 3.8) is 0 Å². The summed E-state index contributed by atoms with van der Waals surface area (Å²) >= 11 is 3.43. The highest BCUT2D eigenvalue weighted by atomic mass is 32.1. The molecule has 0 aliphatic rings. The van der Waals surface area contributed by atoms with Crippen LogP contribution in [0.25, 0.3) is 34.9 Å². The number of aryl methyl sites for hydroxylation is 1. The second-order valence-electron chi connectivity index (χ2n) is 5.57. The van der Waals surface area contributed by atoms with Crippen molar-refractivity contribution in [3.8, 4) is 22.3 Å². The van der Waals surface area contributed by atoms with Gasteiger partial charge in [-0.2, -0.15) is 22.7 Å². The number of nitrogens with one attached hydrogen (secondary N) is 2. The molecular formula is C19H16N2S2. The molecule has 0 atom stereocenters. The fourth-order valence-corrected chi connectivity index (χ4v) is 4.14. The first-order chi connectivity index (χ1) is 11.2. The Morgan fingerprint density at radius 1 is 0.957 bits per heavy atom. The van der Waals surface area contributed by atoms with Gasteiger partial charge in [0, 0.05) is 33.2 Å². The Kier molecular flexibility index (Phi) is 3.56. The van der Waals surface area contributed by atoms with Crippen LogP contribution < -0.4 is 10.7 Å². The van der Waals surface area contributed by atoms with Crippen LogP contribution in [-0.2, 0) is 0 Å². The second-order valence-corrected chi connectivity index (χ2v) is 7.13. The molecule has 0 aromatic carbocycles. The molecule has 0 aliphatic heterocycles. The molecule has 0 spiro atoms. The third kappa shape index (κ3) is 2.71. The van der Waals surface area contributed by atoms with E-state index in [4.69, 9.17) is 0 Å². The van der Waals surface area contributed by atoms with E-state index in [1.807, 2.05) is 0 Å². The largest absolute Gasteiger partial charge is 0.359 e. The monoisotopic (exact) mass is 336 g/mol. The average Bonchev–Trinajstić information content (AvgIpc) is 3.27. The molecule has 0 bridgehead atoms. The van der Waals surface area contributed by atoms with Gasteiger partial charge in [-0.15, -0.1) is 0 Å². The second kappa shape index (κ2) is 5.72. The molecule has 0 radical (unpaired) electrons. The lowest BCUT2D eigenvalue weighted by molar-refractivity contribution is 1.23. The van der Waals surface area contributed by atoms with Gasteiger partial charge in [-0.05, 0) is 69.9 Å². The lowest BCUT2D eigenvalue weighted by atomic mass is 10.1. The van der Waals surface area contributed by atoms with Crippen LogP contribution in [0.4, 0.5) is 0 Å².